The van der Waals surface area contributed by atoms with E-state index in [9.17, 15) is 49.5 Å². The predicted molar refractivity (Wildman–Crippen MR) is 115 cm³/mol. The first-order valence-electron chi connectivity index (χ1n) is 9.99. The van der Waals surface area contributed by atoms with E-state index < -0.39 is 94.2 Å². The Labute approximate surface area is 205 Å². The molecule has 2 aliphatic rings. The topological polar surface area (TPSA) is 280 Å². The Morgan fingerprint density at radius 1 is 1.00 bits per heavy atom. The van der Waals surface area contributed by atoms with Gasteiger partial charge in [-0.15, -0.1) is 0 Å². The monoisotopic (exact) mass is 582 g/mol. The number of nitrogens with one attached hydrogen (secondary N) is 1. The van der Waals surface area contributed by atoms with E-state index in [1.807, 2.05) is 4.98 Å². The maximum absolute atomic E-state index is 12.3. The van der Waals surface area contributed by atoms with E-state index in [-0.39, 0.29) is 0 Å². The molecule has 9 N–H and O–H groups in total. The number of H-pyrrole nitrogens is 1. The van der Waals surface area contributed by atoms with Gasteiger partial charge in [0.15, 0.2) is 12.5 Å². The highest BCUT2D eigenvalue weighted by molar-refractivity contribution is 8.08. The summed E-state index contributed by atoms with van der Waals surface area (Å²) in [6.07, 6.45) is -14.7. The lowest BCUT2D eigenvalue weighted by molar-refractivity contribution is -0.280. The molecule has 2 fully saturated rings. The normalized spacial score (nSPS) is 38.4. The van der Waals surface area contributed by atoms with Crippen LogP contribution in [0.3, 0.4) is 0 Å². The van der Waals surface area contributed by atoms with Gasteiger partial charge < -0.3 is 54.4 Å². The minimum Gasteiger partial charge on any atom is -0.394 e. The summed E-state index contributed by atoms with van der Waals surface area (Å²) in [5, 5.41) is 58.8. The number of aliphatic hydroxyl groups is 6. The van der Waals surface area contributed by atoms with Crippen LogP contribution in [0, 0.1) is 0 Å². The predicted octanol–water partition coefficient (Wildman–Crippen LogP) is -4.68. The Hall–Kier alpha value is -0.960. The summed E-state index contributed by atoms with van der Waals surface area (Å²) < 4.78 is 37.1. The highest BCUT2D eigenvalue weighted by Crippen LogP contribution is 2.61. The molecule has 0 saturated carbocycles. The number of nitrogens with zero attached hydrogens (tertiary/aromatic N) is 1. The molecule has 0 bridgehead atoms. The Bertz CT molecular complexity index is 1130. The molecular weight excluding hydrogens is 558 g/mol. The summed E-state index contributed by atoms with van der Waals surface area (Å²) >= 11 is 4.62. The van der Waals surface area contributed by atoms with Crippen LogP contribution in [0.25, 0.3) is 0 Å². The summed E-state index contributed by atoms with van der Waals surface area (Å²) in [5.41, 5.74) is -1.68. The van der Waals surface area contributed by atoms with E-state index in [0.29, 0.717) is 0 Å². The molecule has 0 radical (unpaired) electrons. The van der Waals surface area contributed by atoms with Gasteiger partial charge >= 0.3 is 20.2 Å². The molecule has 0 spiro atoms. The van der Waals surface area contributed by atoms with Crippen LogP contribution in [0.4, 0.5) is 0 Å². The van der Waals surface area contributed by atoms with Crippen molar-refractivity contribution in [1.29, 1.82) is 0 Å². The van der Waals surface area contributed by atoms with Gasteiger partial charge in [0.25, 0.3) is 5.56 Å². The van der Waals surface area contributed by atoms with Crippen LogP contribution in [-0.4, -0.2) is 112 Å². The Morgan fingerprint density at radius 3 is 2.25 bits per heavy atom. The van der Waals surface area contributed by atoms with Gasteiger partial charge in [0, 0.05) is 12.3 Å². The van der Waals surface area contributed by atoms with Gasteiger partial charge in [-0.2, -0.15) is 0 Å². The van der Waals surface area contributed by atoms with Crippen LogP contribution in [0.15, 0.2) is 21.9 Å². The molecule has 36 heavy (non-hydrogen) atoms. The summed E-state index contributed by atoms with van der Waals surface area (Å²) in [4.78, 5) is 45.1. The number of rotatable bonds is 9. The largest absolute Gasteiger partial charge is 0.481 e. The second kappa shape index (κ2) is 11.4. The van der Waals surface area contributed by atoms with Gasteiger partial charge in [-0.05, 0) is 11.8 Å². The van der Waals surface area contributed by atoms with E-state index in [2.05, 4.69) is 20.6 Å². The van der Waals surface area contributed by atoms with Crippen LogP contribution in [0.5, 0.6) is 0 Å². The third kappa shape index (κ3) is 6.72. The number of hydrogen-bond donors (Lipinski definition) is 9. The van der Waals surface area contributed by atoms with Crippen LogP contribution in [0.2, 0.25) is 0 Å². The van der Waals surface area contributed by atoms with Crippen molar-refractivity contribution in [3.8, 4) is 0 Å². The summed E-state index contributed by atoms with van der Waals surface area (Å²) in [5.74, 6) is 0. The number of aromatic amines is 1. The lowest BCUT2D eigenvalue weighted by Crippen LogP contribution is -2.58. The van der Waals surface area contributed by atoms with E-state index >= 15 is 0 Å². The van der Waals surface area contributed by atoms with Gasteiger partial charge in [-0.1, -0.05) is 0 Å². The number of aliphatic hydroxyl groups excluding tert-OH is 6. The average Bonchev–Trinajstić information content (AvgIpc) is 3.06. The maximum Gasteiger partial charge on any atom is 0.481 e. The molecule has 18 nitrogen and oxygen atoms in total. The standard InChI is InChI=1S/C15H24N2O16P2S/c18-3-5-8(20)10(22)12(24)14(31-5)32-34(26,27)33-35(28,36)29-4-6-9(21)11(23)13(30-6)17-2-1-7(19)16-15(17)25/h1-2,5-6,8-14,18,20-24H,3-4H2,(H,26,27)(H,28,36)(H,16,19,25)/t5-,6-,8+,9+,10+,11-,12-,13-,14-,35?/m1/s1. The lowest BCUT2D eigenvalue weighted by atomic mass is 10.00. The fraction of sp³-hybridized carbons (Fsp3) is 0.733. The summed E-state index contributed by atoms with van der Waals surface area (Å²) in [7, 11) is -5.38. The van der Waals surface area contributed by atoms with Crippen LogP contribution in [0.1, 0.15) is 6.23 Å². The van der Waals surface area contributed by atoms with Crippen molar-refractivity contribution >= 4 is 26.3 Å². The third-order valence-electron chi connectivity index (χ3n) is 5.16. The van der Waals surface area contributed by atoms with E-state index in [1.165, 1.54) is 0 Å². The second-order valence-electron chi connectivity index (χ2n) is 7.68. The van der Waals surface area contributed by atoms with Crippen LogP contribution in [-0.2, 0) is 39.2 Å². The maximum atomic E-state index is 12.3. The number of phosphoric ester groups is 1. The molecular formula is C15H24N2O16P2S. The molecule has 3 heterocycles. The fourth-order valence-corrected chi connectivity index (χ4v) is 6.45. The van der Waals surface area contributed by atoms with Gasteiger partial charge in [-0.3, -0.25) is 18.9 Å². The molecule has 2 saturated heterocycles. The van der Waals surface area contributed by atoms with Gasteiger partial charge in [0.2, 0.25) is 0 Å². The first kappa shape index (κ1) is 29.6. The zero-order valence-electron chi connectivity index (χ0n) is 17.9. The Balaban J connectivity index is 1.61. The second-order valence-corrected chi connectivity index (χ2v) is 12.1. The molecule has 0 amide bonds. The van der Waals surface area contributed by atoms with Crippen molar-refractivity contribution in [2.24, 2.45) is 0 Å². The van der Waals surface area contributed by atoms with Gasteiger partial charge in [0.1, 0.15) is 42.7 Å². The van der Waals surface area contributed by atoms with Gasteiger partial charge in [-0.25, -0.2) is 13.7 Å². The number of ether oxygens (including phenoxy) is 2. The minimum atomic E-state index is -5.38. The van der Waals surface area contributed by atoms with Crippen LogP contribution >= 0.6 is 14.5 Å². The quantitative estimate of drug-likeness (QED) is 0.124. The number of phosphoric acid groups is 1. The van der Waals surface area contributed by atoms with Crippen molar-refractivity contribution < 1.29 is 67.8 Å². The molecule has 3 rings (SSSR count). The summed E-state index contributed by atoms with van der Waals surface area (Å²) in [6.45, 7) is -6.33. The molecule has 0 aromatic carbocycles. The Morgan fingerprint density at radius 2 is 1.64 bits per heavy atom. The number of hydrogen-bond acceptors (Lipinski definition) is 15. The fourth-order valence-electron chi connectivity index (χ4n) is 3.35. The Kier molecular flexibility index (Phi) is 9.39. The molecule has 2 aliphatic heterocycles. The molecule has 206 valence electrons. The van der Waals surface area contributed by atoms with Crippen molar-refractivity contribution in [3.05, 3.63) is 33.1 Å². The van der Waals surface area contributed by atoms with E-state index in [4.69, 9.17) is 19.1 Å². The first-order chi connectivity index (χ1) is 16.7. The van der Waals surface area contributed by atoms with E-state index in [0.717, 1.165) is 16.8 Å². The SMILES string of the molecule is O=c1ccn([C@@H]2O[C@H](COP(O)(=S)OP(=O)(O)O[C@H]3O[C@H](CO)[C@H](O)[C@H](O)[C@H]3O)[C@H](O)[C@H]2O)c(=O)[nH]1. The molecule has 1 aromatic heterocycles. The van der Waals surface area contributed by atoms with Crippen molar-refractivity contribution in [3.63, 3.8) is 0 Å². The zero-order valence-corrected chi connectivity index (χ0v) is 20.5. The highest BCUT2D eigenvalue weighted by atomic mass is 32.5. The lowest BCUT2D eigenvalue weighted by Gasteiger charge is -2.39. The zero-order chi connectivity index (χ0) is 27.0. The van der Waals surface area contributed by atoms with Crippen molar-refractivity contribution in [2.75, 3.05) is 13.2 Å². The molecule has 1 aromatic rings. The smallest absolute Gasteiger partial charge is 0.394 e. The van der Waals surface area contributed by atoms with Gasteiger partial charge in [0.05, 0.1) is 13.2 Å². The number of aromatic nitrogens is 2. The molecule has 21 heteroatoms. The minimum absolute atomic E-state index is 0.721. The third-order valence-corrected chi connectivity index (χ3v) is 8.67. The van der Waals surface area contributed by atoms with E-state index in [1.54, 1.807) is 0 Å². The molecule has 2 unspecified atom stereocenters. The molecule has 0 aliphatic carbocycles. The average molecular weight is 582 g/mol. The van der Waals surface area contributed by atoms with Crippen molar-refractivity contribution in [1.82, 2.24) is 9.55 Å². The molecule has 11 atom stereocenters. The van der Waals surface area contributed by atoms with Crippen LogP contribution < -0.4 is 11.2 Å². The highest BCUT2D eigenvalue weighted by Gasteiger charge is 2.48. The summed E-state index contributed by atoms with van der Waals surface area (Å²) in [6, 6.07) is 0.962. The van der Waals surface area contributed by atoms with Crippen molar-refractivity contribution in [2.45, 2.75) is 55.2 Å². The first-order valence-corrected chi connectivity index (χ1v) is 14.1.